The van der Waals surface area contributed by atoms with Gasteiger partial charge in [-0.2, -0.15) is 0 Å². The standard InChI is InChI=1S/C18H26/c1-11(2)15-9-17(13(5)6)18(14(7)8)10-16(15)12(3)4/h9-10,12-13H,1,7H2,2-6,8H3. The molecule has 0 aliphatic heterocycles. The van der Waals surface area contributed by atoms with Crippen LogP contribution >= 0.6 is 0 Å². The van der Waals surface area contributed by atoms with Gasteiger partial charge in [0.2, 0.25) is 0 Å². The van der Waals surface area contributed by atoms with Crippen LogP contribution in [0.5, 0.6) is 0 Å². The van der Waals surface area contributed by atoms with Crippen LogP contribution in [0.2, 0.25) is 0 Å². The third-order valence-corrected chi connectivity index (χ3v) is 3.39. The average Bonchev–Trinajstić information content (AvgIpc) is 2.26. The van der Waals surface area contributed by atoms with Crippen molar-refractivity contribution in [3.63, 3.8) is 0 Å². The first-order chi connectivity index (χ1) is 8.25. The number of allylic oxidation sites excluding steroid dienone is 2. The summed E-state index contributed by atoms with van der Waals surface area (Å²) in [7, 11) is 0. The molecule has 0 bridgehead atoms. The highest BCUT2D eigenvalue weighted by molar-refractivity contribution is 5.73. The maximum atomic E-state index is 4.12. The summed E-state index contributed by atoms with van der Waals surface area (Å²) in [6, 6.07) is 4.62. The van der Waals surface area contributed by atoms with E-state index in [1.807, 2.05) is 0 Å². The molecule has 0 aromatic heterocycles. The van der Waals surface area contributed by atoms with Crippen molar-refractivity contribution >= 4 is 11.1 Å². The van der Waals surface area contributed by atoms with Crippen molar-refractivity contribution in [2.24, 2.45) is 0 Å². The second-order valence-electron chi connectivity index (χ2n) is 5.90. The van der Waals surface area contributed by atoms with E-state index in [0.717, 1.165) is 11.1 Å². The highest BCUT2D eigenvalue weighted by Gasteiger charge is 2.15. The Hall–Kier alpha value is -1.30. The van der Waals surface area contributed by atoms with Gasteiger partial charge in [0.1, 0.15) is 0 Å². The number of rotatable bonds is 4. The van der Waals surface area contributed by atoms with E-state index in [1.54, 1.807) is 0 Å². The molecule has 1 aromatic carbocycles. The van der Waals surface area contributed by atoms with E-state index in [9.17, 15) is 0 Å². The molecule has 0 aliphatic rings. The Morgan fingerprint density at radius 1 is 0.778 bits per heavy atom. The second-order valence-corrected chi connectivity index (χ2v) is 5.90. The molecule has 0 amide bonds. The topological polar surface area (TPSA) is 0 Å². The van der Waals surface area contributed by atoms with Gasteiger partial charge in [-0.15, -0.1) is 0 Å². The lowest BCUT2D eigenvalue weighted by molar-refractivity contribution is 0.837. The molecule has 1 aromatic rings. The fourth-order valence-electron chi connectivity index (χ4n) is 2.33. The average molecular weight is 242 g/mol. The lowest BCUT2D eigenvalue weighted by atomic mass is 9.84. The summed E-state index contributed by atoms with van der Waals surface area (Å²) < 4.78 is 0. The van der Waals surface area contributed by atoms with Crippen LogP contribution in [-0.4, -0.2) is 0 Å². The quantitative estimate of drug-likeness (QED) is 0.607. The van der Waals surface area contributed by atoms with E-state index in [0.29, 0.717) is 11.8 Å². The monoisotopic (exact) mass is 242 g/mol. The number of hydrogen-bond acceptors (Lipinski definition) is 0. The minimum Gasteiger partial charge on any atom is -0.0955 e. The summed E-state index contributed by atoms with van der Waals surface area (Å²) in [5, 5.41) is 0. The van der Waals surface area contributed by atoms with E-state index < -0.39 is 0 Å². The lowest BCUT2D eigenvalue weighted by Gasteiger charge is -2.21. The predicted molar refractivity (Wildman–Crippen MR) is 84.0 cm³/mol. The van der Waals surface area contributed by atoms with Crippen LogP contribution in [0.4, 0.5) is 0 Å². The molecule has 0 saturated heterocycles. The maximum absolute atomic E-state index is 4.12. The Kier molecular flexibility index (Phi) is 4.56. The van der Waals surface area contributed by atoms with E-state index >= 15 is 0 Å². The van der Waals surface area contributed by atoms with Crippen LogP contribution in [0, 0.1) is 0 Å². The van der Waals surface area contributed by atoms with Crippen molar-refractivity contribution in [1.29, 1.82) is 0 Å². The van der Waals surface area contributed by atoms with Crippen molar-refractivity contribution < 1.29 is 0 Å². The van der Waals surface area contributed by atoms with Gasteiger partial charge in [-0.3, -0.25) is 0 Å². The molecule has 0 radical (unpaired) electrons. The summed E-state index contributed by atoms with van der Waals surface area (Å²) in [5.41, 5.74) is 7.66. The van der Waals surface area contributed by atoms with Crippen molar-refractivity contribution in [3.8, 4) is 0 Å². The first-order valence-corrected chi connectivity index (χ1v) is 6.75. The molecule has 0 spiro atoms. The molecule has 0 heteroatoms. The molecule has 0 nitrogen and oxygen atoms in total. The zero-order valence-electron chi connectivity index (χ0n) is 12.7. The highest BCUT2D eigenvalue weighted by Crippen LogP contribution is 2.33. The maximum Gasteiger partial charge on any atom is -0.0195 e. The summed E-state index contributed by atoms with van der Waals surface area (Å²) in [4.78, 5) is 0. The van der Waals surface area contributed by atoms with E-state index in [1.165, 1.54) is 22.3 Å². The predicted octanol–water partition coefficient (Wildman–Crippen LogP) is 6.00. The van der Waals surface area contributed by atoms with Crippen molar-refractivity contribution in [2.45, 2.75) is 53.4 Å². The van der Waals surface area contributed by atoms with E-state index in [-0.39, 0.29) is 0 Å². The van der Waals surface area contributed by atoms with Crippen LogP contribution < -0.4 is 0 Å². The van der Waals surface area contributed by atoms with Gasteiger partial charge in [0, 0.05) is 0 Å². The molecule has 0 aliphatic carbocycles. The summed E-state index contributed by atoms with van der Waals surface area (Å²) in [6.45, 7) is 21.4. The molecular weight excluding hydrogens is 216 g/mol. The number of hydrogen-bond donors (Lipinski definition) is 0. The minimum absolute atomic E-state index is 0.510. The fourth-order valence-corrected chi connectivity index (χ4v) is 2.33. The molecular formula is C18H26. The van der Waals surface area contributed by atoms with Crippen molar-refractivity contribution in [3.05, 3.63) is 47.5 Å². The third kappa shape index (κ3) is 2.93. The Balaban J connectivity index is 3.60. The van der Waals surface area contributed by atoms with Gasteiger partial charge in [0.25, 0.3) is 0 Å². The van der Waals surface area contributed by atoms with Gasteiger partial charge in [-0.1, -0.05) is 64.1 Å². The van der Waals surface area contributed by atoms with Gasteiger partial charge >= 0.3 is 0 Å². The molecule has 18 heavy (non-hydrogen) atoms. The Morgan fingerprint density at radius 3 is 1.22 bits per heavy atom. The first-order valence-electron chi connectivity index (χ1n) is 6.75. The summed E-state index contributed by atoms with van der Waals surface area (Å²) >= 11 is 0. The van der Waals surface area contributed by atoms with Crippen LogP contribution in [0.1, 0.15) is 75.6 Å². The minimum atomic E-state index is 0.510. The molecule has 0 atom stereocenters. The molecule has 0 N–H and O–H groups in total. The van der Waals surface area contributed by atoms with Gasteiger partial charge in [-0.25, -0.2) is 0 Å². The molecule has 0 saturated carbocycles. The summed E-state index contributed by atoms with van der Waals surface area (Å²) in [5.74, 6) is 1.02. The molecule has 98 valence electrons. The highest BCUT2D eigenvalue weighted by atomic mass is 14.2. The Labute approximate surface area is 112 Å². The zero-order chi connectivity index (χ0) is 14.0. The van der Waals surface area contributed by atoms with Crippen LogP contribution in [0.3, 0.4) is 0 Å². The van der Waals surface area contributed by atoms with Gasteiger partial charge in [0.15, 0.2) is 0 Å². The van der Waals surface area contributed by atoms with Crippen molar-refractivity contribution in [1.82, 2.24) is 0 Å². The largest absolute Gasteiger partial charge is 0.0955 e. The van der Waals surface area contributed by atoms with Gasteiger partial charge in [0.05, 0.1) is 0 Å². The first kappa shape index (κ1) is 14.8. The van der Waals surface area contributed by atoms with Crippen LogP contribution in [0.15, 0.2) is 25.3 Å². The lowest BCUT2D eigenvalue weighted by Crippen LogP contribution is -2.02. The normalized spacial score (nSPS) is 11.1. The molecule has 1 rings (SSSR count). The SMILES string of the molecule is C=C(C)c1cc(C(C)C)c(C(=C)C)cc1C(C)C. The molecule has 0 unspecified atom stereocenters. The summed E-state index contributed by atoms with van der Waals surface area (Å²) in [6.07, 6.45) is 0. The van der Waals surface area contributed by atoms with Gasteiger partial charge in [-0.05, 0) is 47.9 Å². The Bertz CT molecular complexity index is 427. The second kappa shape index (κ2) is 5.56. The Morgan fingerprint density at radius 2 is 1.06 bits per heavy atom. The molecule has 0 fully saturated rings. The van der Waals surface area contributed by atoms with Crippen molar-refractivity contribution in [2.75, 3.05) is 0 Å². The molecule has 0 heterocycles. The van der Waals surface area contributed by atoms with E-state index in [2.05, 4.69) is 66.8 Å². The zero-order valence-corrected chi connectivity index (χ0v) is 12.7. The fraction of sp³-hybridized carbons (Fsp3) is 0.444. The third-order valence-electron chi connectivity index (χ3n) is 3.39. The van der Waals surface area contributed by atoms with E-state index in [4.69, 9.17) is 0 Å². The van der Waals surface area contributed by atoms with Gasteiger partial charge < -0.3 is 0 Å². The van der Waals surface area contributed by atoms with Crippen LogP contribution in [-0.2, 0) is 0 Å². The smallest absolute Gasteiger partial charge is 0.0195 e. The number of benzene rings is 1. The van der Waals surface area contributed by atoms with Crippen LogP contribution in [0.25, 0.3) is 11.1 Å².